The van der Waals surface area contributed by atoms with Crippen LogP contribution in [0.4, 0.5) is 0 Å². The van der Waals surface area contributed by atoms with Gasteiger partial charge >= 0.3 is 0 Å². The van der Waals surface area contributed by atoms with E-state index in [9.17, 15) is 5.26 Å². The third-order valence-electron chi connectivity index (χ3n) is 3.26. The second-order valence-corrected chi connectivity index (χ2v) is 10.3. The van der Waals surface area contributed by atoms with Crippen molar-refractivity contribution in [2.45, 2.75) is 69.6 Å². The van der Waals surface area contributed by atoms with Gasteiger partial charge < -0.3 is 9.16 Å². The van der Waals surface area contributed by atoms with Crippen molar-refractivity contribution in [3.8, 4) is 6.07 Å². The summed E-state index contributed by atoms with van der Waals surface area (Å²) in [6, 6.07) is 2.42. The summed E-state index contributed by atoms with van der Waals surface area (Å²) >= 11 is 0. The molecule has 16 heavy (non-hydrogen) atoms. The standard InChI is InChI=1S/C12H21NO2Si/c1-16(2,3)15-12(9-13)8-6-4-5-7-10-11(12)14-10/h10-11H,4-8H2,1-3H3/t10-,11-,12+/m0/s1. The number of rotatable bonds is 2. The van der Waals surface area contributed by atoms with Crippen LogP contribution in [0.1, 0.15) is 32.1 Å². The van der Waals surface area contributed by atoms with Gasteiger partial charge in [-0.25, -0.2) is 0 Å². The average Bonchev–Trinajstić information content (AvgIpc) is 2.90. The Bertz CT molecular complexity index is 307. The third kappa shape index (κ3) is 2.48. The molecule has 0 aromatic heterocycles. The molecule has 90 valence electrons. The first-order chi connectivity index (χ1) is 7.47. The lowest BCUT2D eigenvalue weighted by Crippen LogP contribution is -2.47. The van der Waals surface area contributed by atoms with Crippen LogP contribution in [0.3, 0.4) is 0 Å². The molecule has 0 aromatic carbocycles. The summed E-state index contributed by atoms with van der Waals surface area (Å²) in [6.07, 6.45) is 5.80. The number of fused-ring (bicyclic) bond motifs is 1. The van der Waals surface area contributed by atoms with Gasteiger partial charge in [0.15, 0.2) is 13.9 Å². The molecule has 0 bridgehead atoms. The summed E-state index contributed by atoms with van der Waals surface area (Å²) < 4.78 is 11.8. The van der Waals surface area contributed by atoms with Crippen LogP contribution in [0.5, 0.6) is 0 Å². The fourth-order valence-electron chi connectivity index (χ4n) is 2.62. The summed E-state index contributed by atoms with van der Waals surface area (Å²) in [5.41, 5.74) is -0.643. The van der Waals surface area contributed by atoms with Gasteiger partial charge in [0.2, 0.25) is 0 Å². The Kier molecular flexibility index (Phi) is 3.13. The molecule has 0 N–H and O–H groups in total. The fourth-order valence-corrected chi connectivity index (χ4v) is 3.98. The topological polar surface area (TPSA) is 45.5 Å². The third-order valence-corrected chi connectivity index (χ3v) is 4.23. The van der Waals surface area contributed by atoms with Crippen molar-refractivity contribution in [3.05, 3.63) is 0 Å². The first kappa shape index (κ1) is 12.1. The molecule has 0 unspecified atom stereocenters. The summed E-state index contributed by atoms with van der Waals surface area (Å²) in [4.78, 5) is 0. The SMILES string of the molecule is C[Si](C)(C)O[C@@]1(C#N)CCCCC[C@@H]2O[C@@H]21. The monoisotopic (exact) mass is 239 g/mol. The van der Waals surface area contributed by atoms with Crippen molar-refractivity contribution in [2.24, 2.45) is 0 Å². The van der Waals surface area contributed by atoms with Crippen molar-refractivity contribution in [3.63, 3.8) is 0 Å². The minimum absolute atomic E-state index is 0.0459. The quantitative estimate of drug-likeness (QED) is 0.550. The van der Waals surface area contributed by atoms with E-state index >= 15 is 0 Å². The molecule has 0 radical (unpaired) electrons. The van der Waals surface area contributed by atoms with Gasteiger partial charge in [0.05, 0.1) is 12.2 Å². The second-order valence-electron chi connectivity index (χ2n) is 5.91. The van der Waals surface area contributed by atoms with E-state index in [1.54, 1.807) is 0 Å². The van der Waals surface area contributed by atoms with Gasteiger partial charge in [0.25, 0.3) is 0 Å². The molecule has 1 aliphatic carbocycles. The molecule has 1 saturated heterocycles. The Morgan fingerprint density at radius 2 is 2.06 bits per heavy atom. The lowest BCUT2D eigenvalue weighted by atomic mass is 9.88. The van der Waals surface area contributed by atoms with Crippen LogP contribution in [0.2, 0.25) is 19.6 Å². The molecular weight excluding hydrogens is 218 g/mol. The van der Waals surface area contributed by atoms with E-state index in [0.29, 0.717) is 0 Å². The minimum Gasteiger partial charge on any atom is -0.398 e. The van der Waals surface area contributed by atoms with Gasteiger partial charge in [0, 0.05) is 0 Å². The maximum atomic E-state index is 9.49. The van der Waals surface area contributed by atoms with Crippen molar-refractivity contribution in [1.29, 1.82) is 5.26 Å². The molecule has 1 heterocycles. The lowest BCUT2D eigenvalue weighted by Gasteiger charge is -2.33. The minimum atomic E-state index is -1.69. The van der Waals surface area contributed by atoms with Crippen molar-refractivity contribution >= 4 is 8.32 Å². The zero-order valence-electron chi connectivity index (χ0n) is 10.5. The number of nitrogens with zero attached hydrogens (tertiary/aromatic N) is 1. The van der Waals surface area contributed by atoms with Gasteiger partial charge in [0.1, 0.15) is 6.10 Å². The summed E-state index contributed by atoms with van der Waals surface area (Å²) in [6.45, 7) is 6.42. The van der Waals surface area contributed by atoms with Crippen molar-refractivity contribution in [2.75, 3.05) is 0 Å². The maximum absolute atomic E-state index is 9.49. The van der Waals surface area contributed by atoms with Crippen LogP contribution < -0.4 is 0 Å². The molecule has 0 aromatic rings. The Hall–Kier alpha value is -0.373. The summed E-state index contributed by atoms with van der Waals surface area (Å²) in [5, 5.41) is 9.49. The van der Waals surface area contributed by atoms with Gasteiger partial charge in [-0.15, -0.1) is 0 Å². The zero-order valence-corrected chi connectivity index (χ0v) is 11.5. The van der Waals surface area contributed by atoms with Crippen molar-refractivity contribution < 1.29 is 9.16 Å². The summed E-state index contributed by atoms with van der Waals surface area (Å²) in [7, 11) is -1.69. The molecule has 0 amide bonds. The molecule has 3 nitrogen and oxygen atoms in total. The van der Waals surface area contributed by atoms with E-state index < -0.39 is 13.9 Å². The number of hydrogen-bond acceptors (Lipinski definition) is 3. The highest BCUT2D eigenvalue weighted by Crippen LogP contribution is 2.43. The van der Waals surface area contributed by atoms with Crippen molar-refractivity contribution in [1.82, 2.24) is 0 Å². The average molecular weight is 239 g/mol. The molecule has 4 heteroatoms. The van der Waals surface area contributed by atoms with E-state index in [1.807, 2.05) is 0 Å². The maximum Gasteiger partial charge on any atom is 0.186 e. The fraction of sp³-hybridized carbons (Fsp3) is 0.917. The highest BCUT2D eigenvalue weighted by atomic mass is 28.4. The Labute approximate surface area is 98.9 Å². The van der Waals surface area contributed by atoms with E-state index in [-0.39, 0.29) is 12.2 Å². The second kappa shape index (κ2) is 4.14. The van der Waals surface area contributed by atoms with E-state index in [1.165, 1.54) is 12.8 Å². The zero-order chi connectivity index (χ0) is 11.8. The smallest absolute Gasteiger partial charge is 0.186 e. The number of epoxide rings is 1. The molecule has 0 spiro atoms. The predicted molar refractivity (Wildman–Crippen MR) is 64.5 cm³/mol. The Morgan fingerprint density at radius 1 is 1.31 bits per heavy atom. The van der Waals surface area contributed by atoms with Crippen LogP contribution >= 0.6 is 0 Å². The molecule has 1 aliphatic heterocycles. The van der Waals surface area contributed by atoms with E-state index in [4.69, 9.17) is 9.16 Å². The van der Waals surface area contributed by atoms with Gasteiger partial charge in [-0.3, -0.25) is 0 Å². The number of hydrogen-bond donors (Lipinski definition) is 0. The molecule has 3 atom stereocenters. The predicted octanol–water partition coefficient (Wildman–Crippen LogP) is 2.83. The van der Waals surface area contributed by atoms with Crippen LogP contribution in [-0.4, -0.2) is 26.1 Å². The molecule has 1 saturated carbocycles. The normalized spacial score (nSPS) is 39.1. The van der Waals surface area contributed by atoms with Crippen LogP contribution in [0.25, 0.3) is 0 Å². The highest BCUT2D eigenvalue weighted by molar-refractivity contribution is 6.69. The van der Waals surface area contributed by atoms with E-state index in [0.717, 1.165) is 19.3 Å². The van der Waals surface area contributed by atoms with Crippen LogP contribution in [0.15, 0.2) is 0 Å². The Morgan fingerprint density at radius 3 is 2.69 bits per heavy atom. The van der Waals surface area contributed by atoms with Crippen LogP contribution in [0, 0.1) is 11.3 Å². The molecular formula is C12H21NO2Si. The highest BCUT2D eigenvalue weighted by Gasteiger charge is 2.57. The van der Waals surface area contributed by atoms with Crippen LogP contribution in [-0.2, 0) is 9.16 Å². The molecule has 2 aliphatic rings. The Balaban J connectivity index is 2.14. The first-order valence-corrected chi connectivity index (χ1v) is 9.65. The number of ether oxygens (including phenoxy) is 1. The molecule has 2 fully saturated rings. The molecule has 2 rings (SSSR count). The summed E-state index contributed by atoms with van der Waals surface area (Å²) in [5.74, 6) is 0. The largest absolute Gasteiger partial charge is 0.398 e. The van der Waals surface area contributed by atoms with E-state index in [2.05, 4.69) is 25.7 Å². The van der Waals surface area contributed by atoms with Gasteiger partial charge in [-0.2, -0.15) is 5.26 Å². The number of nitriles is 1. The lowest BCUT2D eigenvalue weighted by molar-refractivity contribution is 0.0724. The first-order valence-electron chi connectivity index (χ1n) is 6.24. The van der Waals surface area contributed by atoms with Gasteiger partial charge in [-0.1, -0.05) is 12.8 Å². The van der Waals surface area contributed by atoms with Gasteiger partial charge in [-0.05, 0) is 38.9 Å².